The van der Waals surface area contributed by atoms with E-state index < -0.39 is 0 Å². The van der Waals surface area contributed by atoms with Crippen molar-refractivity contribution in [2.45, 2.75) is 13.8 Å². The van der Waals surface area contributed by atoms with Crippen molar-refractivity contribution < 1.29 is 4.42 Å². The minimum atomic E-state index is 0.669. The van der Waals surface area contributed by atoms with Crippen molar-refractivity contribution in [2.24, 2.45) is 0 Å². The van der Waals surface area contributed by atoms with Crippen LogP contribution in [0.5, 0.6) is 0 Å². The Balaban J connectivity index is 1.91. The van der Waals surface area contributed by atoms with E-state index in [0.29, 0.717) is 5.71 Å². The lowest BCUT2D eigenvalue weighted by molar-refractivity contribution is 0.653. The summed E-state index contributed by atoms with van der Waals surface area (Å²) in [5.74, 6) is 0. The topological polar surface area (TPSA) is 38.9 Å². The van der Waals surface area contributed by atoms with E-state index in [1.807, 2.05) is 43.5 Å². The lowest BCUT2D eigenvalue weighted by atomic mass is 9.97. The molecule has 2 aromatic carbocycles. The third kappa shape index (κ3) is 2.59. The molecule has 5 aromatic rings. The highest BCUT2D eigenvalue weighted by molar-refractivity contribution is 6.15. The molecule has 5 rings (SSSR count). The molecular weight excluding hydrogens is 332 g/mol. The summed E-state index contributed by atoms with van der Waals surface area (Å²) in [4.78, 5) is 9.22. The Labute approximate surface area is 157 Å². The van der Waals surface area contributed by atoms with Crippen molar-refractivity contribution >= 4 is 22.1 Å². The van der Waals surface area contributed by atoms with Gasteiger partial charge in [0.05, 0.1) is 5.69 Å². The van der Waals surface area contributed by atoms with Crippen LogP contribution in [0, 0.1) is 13.8 Å². The van der Waals surface area contributed by atoms with Gasteiger partial charge in [-0.2, -0.15) is 0 Å². The predicted octanol–water partition coefficient (Wildman–Crippen LogP) is 6.33. The summed E-state index contributed by atoms with van der Waals surface area (Å²) in [6.07, 6.45) is 1.85. The summed E-state index contributed by atoms with van der Waals surface area (Å²) < 4.78 is 6.27. The van der Waals surface area contributed by atoms with E-state index in [1.165, 1.54) is 5.56 Å². The van der Waals surface area contributed by atoms with Gasteiger partial charge >= 0.3 is 0 Å². The number of aromatic nitrogens is 2. The first-order chi connectivity index (χ1) is 13.2. The molecule has 3 heterocycles. The van der Waals surface area contributed by atoms with E-state index >= 15 is 0 Å². The molecule has 0 amide bonds. The van der Waals surface area contributed by atoms with E-state index in [9.17, 15) is 0 Å². The van der Waals surface area contributed by atoms with Crippen molar-refractivity contribution in [2.75, 3.05) is 0 Å². The van der Waals surface area contributed by atoms with Gasteiger partial charge in [-0.25, -0.2) is 4.98 Å². The quantitative estimate of drug-likeness (QED) is 0.373. The highest BCUT2D eigenvalue weighted by Crippen LogP contribution is 2.40. The lowest BCUT2D eigenvalue weighted by Crippen LogP contribution is -1.87. The molecule has 0 N–H and O–H groups in total. The van der Waals surface area contributed by atoms with Crippen LogP contribution in [0.15, 0.2) is 77.3 Å². The van der Waals surface area contributed by atoms with Gasteiger partial charge in [0, 0.05) is 33.8 Å². The monoisotopic (exact) mass is 350 g/mol. The molecule has 3 heteroatoms. The van der Waals surface area contributed by atoms with Crippen molar-refractivity contribution in [3.05, 3.63) is 84.2 Å². The second-order valence-electron chi connectivity index (χ2n) is 6.86. The molecule has 0 spiro atoms. The molecule has 0 radical (unpaired) electrons. The first-order valence-corrected chi connectivity index (χ1v) is 9.02. The number of benzene rings is 2. The molecule has 0 aliphatic heterocycles. The number of pyridine rings is 2. The third-order valence-electron chi connectivity index (χ3n) is 4.90. The molecule has 3 aromatic heterocycles. The molecule has 0 bridgehead atoms. The largest absolute Gasteiger partial charge is 0.437 e. The number of furan rings is 1. The highest BCUT2D eigenvalue weighted by Gasteiger charge is 2.18. The fourth-order valence-electron chi connectivity index (χ4n) is 3.60. The summed E-state index contributed by atoms with van der Waals surface area (Å²) in [7, 11) is 0. The summed E-state index contributed by atoms with van der Waals surface area (Å²) in [5.41, 5.74) is 7.86. The van der Waals surface area contributed by atoms with Crippen LogP contribution in [0.1, 0.15) is 11.3 Å². The minimum Gasteiger partial charge on any atom is -0.437 e. The molecular formula is C24H18N2O. The van der Waals surface area contributed by atoms with Crippen molar-refractivity contribution in [1.82, 2.24) is 9.97 Å². The Bertz CT molecular complexity index is 1290. The number of aryl methyl sites for hydroxylation is 2. The van der Waals surface area contributed by atoms with Crippen LogP contribution in [-0.4, -0.2) is 9.97 Å². The second kappa shape index (κ2) is 6.06. The van der Waals surface area contributed by atoms with Gasteiger partial charge in [0.2, 0.25) is 5.71 Å². The van der Waals surface area contributed by atoms with Gasteiger partial charge in [-0.1, -0.05) is 36.4 Å². The molecule has 0 unspecified atom stereocenters. The van der Waals surface area contributed by atoms with Gasteiger partial charge in [-0.05, 0) is 55.3 Å². The Morgan fingerprint density at radius 1 is 0.815 bits per heavy atom. The zero-order valence-electron chi connectivity index (χ0n) is 15.2. The Morgan fingerprint density at radius 3 is 2.44 bits per heavy atom. The van der Waals surface area contributed by atoms with Crippen LogP contribution < -0.4 is 0 Å². The number of rotatable bonds is 2. The number of hydrogen-bond acceptors (Lipinski definition) is 3. The Morgan fingerprint density at radius 2 is 1.63 bits per heavy atom. The smallest absolute Gasteiger partial charge is 0.227 e. The second-order valence-corrected chi connectivity index (χ2v) is 6.86. The van der Waals surface area contributed by atoms with Gasteiger partial charge in [-0.15, -0.1) is 0 Å². The van der Waals surface area contributed by atoms with Crippen LogP contribution in [-0.2, 0) is 0 Å². The molecule has 130 valence electrons. The highest BCUT2D eigenvalue weighted by atomic mass is 16.3. The molecule has 0 fully saturated rings. The molecule has 3 nitrogen and oxygen atoms in total. The molecule has 0 saturated carbocycles. The summed E-state index contributed by atoms with van der Waals surface area (Å²) in [5, 5.41) is 2.09. The molecule has 0 aliphatic rings. The molecule has 27 heavy (non-hydrogen) atoms. The van der Waals surface area contributed by atoms with Crippen molar-refractivity contribution in [3.63, 3.8) is 0 Å². The molecule has 0 saturated heterocycles. The summed E-state index contributed by atoms with van der Waals surface area (Å²) >= 11 is 0. The maximum atomic E-state index is 6.27. The fraction of sp³-hybridized carbons (Fsp3) is 0.0833. The average Bonchev–Trinajstić information content (AvgIpc) is 3.06. The zero-order chi connectivity index (χ0) is 18.4. The third-order valence-corrected chi connectivity index (χ3v) is 4.90. The Kier molecular flexibility index (Phi) is 3.54. The average molecular weight is 350 g/mol. The lowest BCUT2D eigenvalue weighted by Gasteiger charge is -2.08. The van der Waals surface area contributed by atoms with Gasteiger partial charge in [0.15, 0.2) is 0 Å². The van der Waals surface area contributed by atoms with Crippen LogP contribution in [0.3, 0.4) is 0 Å². The standard InChI is InChI=1S/C24H18N2O/c1-15-12-13-25-21(14-15)19-11-10-18(17-6-4-3-5-7-17)23-22(19)20-9-8-16(2)26-24(20)27-23/h3-14H,1-2H3. The Hall–Kier alpha value is -3.46. The minimum absolute atomic E-state index is 0.669. The fourth-order valence-corrected chi connectivity index (χ4v) is 3.60. The molecule has 0 aliphatic carbocycles. The van der Waals surface area contributed by atoms with Crippen LogP contribution in [0.2, 0.25) is 0 Å². The summed E-state index contributed by atoms with van der Waals surface area (Å²) in [6, 6.07) is 22.8. The first kappa shape index (κ1) is 15.8. The maximum absolute atomic E-state index is 6.27. The van der Waals surface area contributed by atoms with Crippen LogP contribution in [0.25, 0.3) is 44.5 Å². The van der Waals surface area contributed by atoms with Gasteiger partial charge in [0.1, 0.15) is 5.58 Å². The van der Waals surface area contributed by atoms with Gasteiger partial charge in [0.25, 0.3) is 0 Å². The molecule has 0 atom stereocenters. The predicted molar refractivity (Wildman–Crippen MR) is 110 cm³/mol. The normalized spacial score (nSPS) is 11.3. The van der Waals surface area contributed by atoms with Gasteiger partial charge < -0.3 is 4.42 Å². The SMILES string of the molecule is Cc1ccnc(-c2ccc(-c3ccccc3)c3oc4nc(C)ccc4c23)c1. The summed E-state index contributed by atoms with van der Waals surface area (Å²) in [6.45, 7) is 4.06. The van der Waals surface area contributed by atoms with E-state index in [-0.39, 0.29) is 0 Å². The van der Waals surface area contributed by atoms with E-state index in [0.717, 1.165) is 44.4 Å². The first-order valence-electron chi connectivity index (χ1n) is 9.02. The number of nitrogens with zero attached hydrogens (tertiary/aromatic N) is 2. The number of hydrogen-bond donors (Lipinski definition) is 0. The zero-order valence-corrected chi connectivity index (χ0v) is 15.2. The van der Waals surface area contributed by atoms with E-state index in [4.69, 9.17) is 4.42 Å². The van der Waals surface area contributed by atoms with E-state index in [2.05, 4.69) is 53.3 Å². The van der Waals surface area contributed by atoms with Crippen LogP contribution >= 0.6 is 0 Å². The maximum Gasteiger partial charge on any atom is 0.227 e. The van der Waals surface area contributed by atoms with Crippen molar-refractivity contribution in [1.29, 1.82) is 0 Å². The van der Waals surface area contributed by atoms with E-state index in [1.54, 1.807) is 0 Å². The number of fused-ring (bicyclic) bond motifs is 3. The van der Waals surface area contributed by atoms with Gasteiger partial charge in [-0.3, -0.25) is 4.98 Å². The van der Waals surface area contributed by atoms with Crippen molar-refractivity contribution in [3.8, 4) is 22.4 Å². The van der Waals surface area contributed by atoms with Crippen LogP contribution in [0.4, 0.5) is 0 Å².